The quantitative estimate of drug-likeness (QED) is 0.695. The Morgan fingerprint density at radius 2 is 1.88 bits per heavy atom. The molecule has 128 valence electrons. The molecule has 0 bridgehead atoms. The first-order chi connectivity index (χ1) is 11.4. The van der Waals surface area contributed by atoms with Gasteiger partial charge < -0.3 is 4.74 Å². The lowest BCUT2D eigenvalue weighted by Gasteiger charge is -2.16. The second kappa shape index (κ2) is 7.01. The highest BCUT2D eigenvalue weighted by Gasteiger charge is 2.21. The van der Waals surface area contributed by atoms with Gasteiger partial charge in [0.25, 0.3) is 0 Å². The van der Waals surface area contributed by atoms with Gasteiger partial charge in [-0.1, -0.05) is 18.2 Å². The predicted molar refractivity (Wildman–Crippen MR) is 103 cm³/mol. The van der Waals surface area contributed by atoms with Crippen LogP contribution in [0, 0.1) is 3.57 Å². The molecule has 0 saturated heterocycles. The molecule has 4 nitrogen and oxygen atoms in total. The highest BCUT2D eigenvalue weighted by Crippen LogP contribution is 2.27. The number of ether oxygens (including phenoxy) is 1. The van der Waals surface area contributed by atoms with Crippen LogP contribution in [0.5, 0.6) is 5.75 Å². The van der Waals surface area contributed by atoms with Crippen molar-refractivity contribution in [2.24, 2.45) is 0 Å². The van der Waals surface area contributed by atoms with Gasteiger partial charge in [0.05, 0.1) is 15.6 Å². The summed E-state index contributed by atoms with van der Waals surface area (Å²) < 4.78 is 34.0. The summed E-state index contributed by atoms with van der Waals surface area (Å²) in [5.41, 5.74) is 3.73. The van der Waals surface area contributed by atoms with E-state index in [2.05, 4.69) is 39.4 Å². The number of aryl methyl sites for hydroxylation is 2. The zero-order valence-electron chi connectivity index (χ0n) is 13.7. The topological polar surface area (TPSA) is 55.4 Å². The van der Waals surface area contributed by atoms with Crippen LogP contribution in [0.2, 0.25) is 0 Å². The van der Waals surface area contributed by atoms with Crippen LogP contribution in [0.1, 0.15) is 36.1 Å². The Balaban J connectivity index is 1.82. The summed E-state index contributed by atoms with van der Waals surface area (Å²) in [7, 11) is -2.01. The van der Waals surface area contributed by atoms with Gasteiger partial charge in [-0.2, -0.15) is 0 Å². The molecule has 0 amide bonds. The van der Waals surface area contributed by atoms with Crippen molar-refractivity contribution in [3.8, 4) is 5.75 Å². The molecule has 6 heteroatoms. The molecule has 0 saturated carbocycles. The fraction of sp³-hybridized carbons (Fsp3) is 0.333. The molecule has 0 heterocycles. The number of benzene rings is 2. The Bertz CT molecular complexity index is 865. The molecule has 1 aliphatic rings. The van der Waals surface area contributed by atoms with Gasteiger partial charge in [-0.25, -0.2) is 13.1 Å². The average molecular weight is 457 g/mol. The second-order valence-electron chi connectivity index (χ2n) is 6.02. The Labute approximate surface area is 156 Å². The molecule has 1 atom stereocenters. The standard InChI is InChI=1S/C18H20INO3S/c1-12(14-7-6-13-4-3-5-15(13)10-14)20-24(21,22)16-8-9-18(23-2)17(19)11-16/h6-12,20H,3-5H2,1-2H3/t12-/m0/s1. The first-order valence-corrected chi connectivity index (χ1v) is 10.4. The highest BCUT2D eigenvalue weighted by molar-refractivity contribution is 14.1. The third-order valence-corrected chi connectivity index (χ3v) is 6.77. The van der Waals surface area contributed by atoms with E-state index in [0.29, 0.717) is 5.75 Å². The average Bonchev–Trinajstić information content (AvgIpc) is 3.01. The number of methoxy groups -OCH3 is 1. The minimum absolute atomic E-state index is 0.251. The van der Waals surface area contributed by atoms with Gasteiger partial charge in [0.1, 0.15) is 5.75 Å². The normalized spacial score (nSPS) is 15.1. The minimum atomic E-state index is -3.58. The molecule has 2 aromatic rings. The number of hydrogen-bond donors (Lipinski definition) is 1. The van der Waals surface area contributed by atoms with E-state index in [1.54, 1.807) is 25.3 Å². The predicted octanol–water partition coefficient (Wildman–Crippen LogP) is 3.83. The van der Waals surface area contributed by atoms with Crippen molar-refractivity contribution in [1.82, 2.24) is 4.72 Å². The maximum atomic E-state index is 12.6. The van der Waals surface area contributed by atoms with E-state index in [1.165, 1.54) is 17.5 Å². The lowest BCUT2D eigenvalue weighted by molar-refractivity contribution is 0.411. The third kappa shape index (κ3) is 3.60. The lowest BCUT2D eigenvalue weighted by Crippen LogP contribution is -2.27. The first-order valence-electron chi connectivity index (χ1n) is 7.88. The maximum Gasteiger partial charge on any atom is 0.241 e. The van der Waals surface area contributed by atoms with Crippen molar-refractivity contribution in [3.63, 3.8) is 0 Å². The molecule has 0 spiro atoms. The summed E-state index contributed by atoms with van der Waals surface area (Å²) in [4.78, 5) is 0.251. The van der Waals surface area contributed by atoms with Crippen LogP contribution in [0.25, 0.3) is 0 Å². The smallest absolute Gasteiger partial charge is 0.241 e. The zero-order valence-corrected chi connectivity index (χ0v) is 16.6. The van der Waals surface area contributed by atoms with E-state index in [4.69, 9.17) is 4.74 Å². The monoisotopic (exact) mass is 457 g/mol. The van der Waals surface area contributed by atoms with Crippen molar-refractivity contribution >= 4 is 32.6 Å². The summed E-state index contributed by atoms with van der Waals surface area (Å²) in [6.07, 6.45) is 3.39. The molecule has 0 unspecified atom stereocenters. The summed E-state index contributed by atoms with van der Waals surface area (Å²) in [5.74, 6) is 0.668. The molecular formula is C18H20INO3S. The fourth-order valence-corrected chi connectivity index (χ4v) is 5.25. The molecule has 0 aliphatic heterocycles. The lowest BCUT2D eigenvalue weighted by atomic mass is 10.0. The fourth-order valence-electron chi connectivity index (χ4n) is 3.04. The number of halogens is 1. The molecule has 24 heavy (non-hydrogen) atoms. The highest BCUT2D eigenvalue weighted by atomic mass is 127. The summed E-state index contributed by atoms with van der Waals surface area (Å²) in [5, 5.41) is 0. The number of nitrogens with one attached hydrogen (secondary N) is 1. The van der Waals surface area contributed by atoms with E-state index < -0.39 is 10.0 Å². The van der Waals surface area contributed by atoms with Crippen LogP contribution in [-0.2, 0) is 22.9 Å². The maximum absolute atomic E-state index is 12.6. The van der Waals surface area contributed by atoms with Gasteiger partial charge in [0.2, 0.25) is 10.0 Å². The largest absolute Gasteiger partial charge is 0.496 e. The van der Waals surface area contributed by atoms with Crippen LogP contribution in [0.15, 0.2) is 41.3 Å². The molecule has 2 aromatic carbocycles. The van der Waals surface area contributed by atoms with Crippen molar-refractivity contribution in [1.29, 1.82) is 0 Å². The molecular weight excluding hydrogens is 437 g/mol. The molecule has 1 aliphatic carbocycles. The van der Waals surface area contributed by atoms with Crippen molar-refractivity contribution in [2.75, 3.05) is 7.11 Å². The van der Waals surface area contributed by atoms with Gasteiger partial charge in [0.15, 0.2) is 0 Å². The molecule has 0 fully saturated rings. The van der Waals surface area contributed by atoms with E-state index >= 15 is 0 Å². The number of fused-ring (bicyclic) bond motifs is 1. The summed E-state index contributed by atoms with van der Waals surface area (Å²) in [6, 6.07) is 10.9. The zero-order chi connectivity index (χ0) is 17.3. The third-order valence-electron chi connectivity index (χ3n) is 4.39. The minimum Gasteiger partial charge on any atom is -0.496 e. The molecule has 1 N–H and O–H groups in total. The first kappa shape index (κ1) is 17.7. The number of hydrogen-bond acceptors (Lipinski definition) is 3. The van der Waals surface area contributed by atoms with Crippen molar-refractivity contribution < 1.29 is 13.2 Å². The van der Waals surface area contributed by atoms with Gasteiger partial charge in [-0.15, -0.1) is 0 Å². The summed E-state index contributed by atoms with van der Waals surface area (Å²) >= 11 is 2.07. The SMILES string of the molecule is COc1ccc(S(=O)(=O)N[C@@H](C)c2ccc3c(c2)CCC3)cc1I. The Morgan fingerprint density at radius 1 is 1.12 bits per heavy atom. The van der Waals surface area contributed by atoms with E-state index in [-0.39, 0.29) is 10.9 Å². The Kier molecular flexibility index (Phi) is 5.17. The van der Waals surface area contributed by atoms with Crippen molar-refractivity contribution in [3.05, 3.63) is 56.7 Å². The van der Waals surface area contributed by atoms with Gasteiger partial charge in [-0.3, -0.25) is 0 Å². The Hall–Kier alpha value is -1.12. The van der Waals surface area contributed by atoms with E-state index in [0.717, 1.165) is 22.0 Å². The summed E-state index contributed by atoms with van der Waals surface area (Å²) in [6.45, 7) is 1.88. The number of rotatable bonds is 5. The molecule has 3 rings (SSSR count). The Morgan fingerprint density at radius 3 is 2.58 bits per heavy atom. The van der Waals surface area contributed by atoms with Crippen LogP contribution in [-0.4, -0.2) is 15.5 Å². The van der Waals surface area contributed by atoms with Crippen LogP contribution < -0.4 is 9.46 Å². The van der Waals surface area contributed by atoms with Gasteiger partial charge in [0, 0.05) is 6.04 Å². The van der Waals surface area contributed by atoms with E-state index in [9.17, 15) is 8.42 Å². The second-order valence-corrected chi connectivity index (χ2v) is 8.90. The van der Waals surface area contributed by atoms with Crippen molar-refractivity contribution in [2.45, 2.75) is 37.1 Å². The van der Waals surface area contributed by atoms with Crippen LogP contribution in [0.4, 0.5) is 0 Å². The van der Waals surface area contributed by atoms with Gasteiger partial charge >= 0.3 is 0 Å². The van der Waals surface area contributed by atoms with Crippen LogP contribution in [0.3, 0.4) is 0 Å². The molecule has 0 radical (unpaired) electrons. The van der Waals surface area contributed by atoms with Gasteiger partial charge in [-0.05, 0) is 83.7 Å². The molecule has 0 aromatic heterocycles. The van der Waals surface area contributed by atoms with E-state index in [1.807, 2.05) is 13.0 Å². The van der Waals surface area contributed by atoms with Crippen LogP contribution >= 0.6 is 22.6 Å². The number of sulfonamides is 1.